The van der Waals surface area contributed by atoms with Gasteiger partial charge in [-0.15, -0.1) is 0 Å². The number of rotatable bonds is 5. The molecule has 0 aromatic heterocycles. The second-order valence-corrected chi connectivity index (χ2v) is 4.82. The fraction of sp³-hybridized carbons (Fsp3) is 0.579. The summed E-state index contributed by atoms with van der Waals surface area (Å²) in [6.45, 7) is 14.4. The van der Waals surface area contributed by atoms with E-state index in [1.165, 1.54) is 11.1 Å². The van der Waals surface area contributed by atoms with Crippen LogP contribution in [0.5, 0.6) is 0 Å². The molecule has 1 aromatic carbocycles. The lowest BCUT2D eigenvalue weighted by Gasteiger charge is -2.21. The SMILES string of the molecule is CC.CC.COC(C)(C)CC/C=C/c1cccc(C)c1. The van der Waals surface area contributed by atoms with Crippen molar-refractivity contribution in [3.8, 4) is 0 Å². The van der Waals surface area contributed by atoms with E-state index in [9.17, 15) is 0 Å². The highest BCUT2D eigenvalue weighted by Crippen LogP contribution is 2.16. The fourth-order valence-electron chi connectivity index (χ4n) is 1.53. The van der Waals surface area contributed by atoms with E-state index in [0.29, 0.717) is 0 Å². The second kappa shape index (κ2) is 12.9. The molecule has 0 heterocycles. The highest BCUT2D eigenvalue weighted by molar-refractivity contribution is 5.50. The molecule has 0 spiro atoms. The number of ether oxygens (including phenoxy) is 1. The maximum Gasteiger partial charge on any atom is 0.0625 e. The van der Waals surface area contributed by atoms with Gasteiger partial charge in [0, 0.05) is 7.11 Å². The van der Waals surface area contributed by atoms with Crippen LogP contribution >= 0.6 is 0 Å². The van der Waals surface area contributed by atoms with Crippen LogP contribution in [0.25, 0.3) is 6.08 Å². The molecule has 0 radical (unpaired) electrons. The second-order valence-electron chi connectivity index (χ2n) is 4.82. The van der Waals surface area contributed by atoms with E-state index in [0.717, 1.165) is 12.8 Å². The maximum atomic E-state index is 5.38. The van der Waals surface area contributed by atoms with Crippen molar-refractivity contribution in [2.75, 3.05) is 7.11 Å². The predicted molar refractivity (Wildman–Crippen MR) is 93.2 cm³/mol. The molecule has 1 heteroatoms. The largest absolute Gasteiger partial charge is 0.379 e. The van der Waals surface area contributed by atoms with Gasteiger partial charge in [0.05, 0.1) is 5.60 Å². The van der Waals surface area contributed by atoms with Crippen molar-refractivity contribution in [2.45, 2.75) is 66.9 Å². The summed E-state index contributed by atoms with van der Waals surface area (Å²) in [5.41, 5.74) is 2.56. The third-order valence-electron chi connectivity index (χ3n) is 2.82. The van der Waals surface area contributed by atoms with Crippen LogP contribution in [0.15, 0.2) is 30.3 Å². The fourth-order valence-corrected chi connectivity index (χ4v) is 1.53. The minimum Gasteiger partial charge on any atom is -0.379 e. The Bertz CT molecular complexity index is 351. The first kappa shape index (κ1) is 21.2. The van der Waals surface area contributed by atoms with Gasteiger partial charge in [-0.3, -0.25) is 0 Å². The molecule has 1 nitrogen and oxygen atoms in total. The summed E-state index contributed by atoms with van der Waals surface area (Å²) >= 11 is 0. The molecule has 0 aliphatic rings. The Hall–Kier alpha value is -1.08. The Morgan fingerprint density at radius 1 is 1.10 bits per heavy atom. The van der Waals surface area contributed by atoms with Crippen LogP contribution in [0.2, 0.25) is 0 Å². The molecule has 0 saturated heterocycles. The van der Waals surface area contributed by atoms with Crippen molar-refractivity contribution in [1.82, 2.24) is 0 Å². The molecule has 0 fully saturated rings. The molecule has 0 atom stereocenters. The van der Waals surface area contributed by atoms with Gasteiger partial charge in [-0.2, -0.15) is 0 Å². The van der Waals surface area contributed by atoms with Crippen LogP contribution in [0.1, 0.15) is 65.5 Å². The summed E-state index contributed by atoms with van der Waals surface area (Å²) in [6.07, 6.45) is 6.49. The van der Waals surface area contributed by atoms with Gasteiger partial charge >= 0.3 is 0 Å². The van der Waals surface area contributed by atoms with E-state index in [1.54, 1.807) is 7.11 Å². The average molecular weight is 278 g/mol. The van der Waals surface area contributed by atoms with E-state index >= 15 is 0 Å². The first-order chi connectivity index (χ1) is 9.53. The highest BCUT2D eigenvalue weighted by atomic mass is 16.5. The molecule has 0 unspecified atom stereocenters. The summed E-state index contributed by atoms with van der Waals surface area (Å²) in [5.74, 6) is 0. The molecule has 0 saturated carbocycles. The normalized spacial score (nSPS) is 10.4. The summed E-state index contributed by atoms with van der Waals surface area (Å²) in [6, 6.07) is 8.53. The Kier molecular flexibility index (Phi) is 13.7. The minimum atomic E-state index is -0.0169. The Morgan fingerprint density at radius 3 is 2.20 bits per heavy atom. The molecular weight excluding hydrogens is 244 g/mol. The van der Waals surface area contributed by atoms with E-state index < -0.39 is 0 Å². The molecule has 0 aliphatic carbocycles. The smallest absolute Gasteiger partial charge is 0.0625 e. The minimum absolute atomic E-state index is 0.0169. The molecule has 1 rings (SSSR count). The molecule has 0 N–H and O–H groups in total. The van der Waals surface area contributed by atoms with Gasteiger partial charge in [0.15, 0.2) is 0 Å². The highest BCUT2D eigenvalue weighted by Gasteiger charge is 2.13. The number of benzene rings is 1. The number of allylic oxidation sites excluding steroid dienone is 1. The van der Waals surface area contributed by atoms with Crippen molar-refractivity contribution in [3.05, 3.63) is 41.5 Å². The lowest BCUT2D eigenvalue weighted by molar-refractivity contribution is 0.0164. The van der Waals surface area contributed by atoms with Gasteiger partial charge < -0.3 is 4.74 Å². The zero-order valence-corrected chi connectivity index (χ0v) is 14.8. The zero-order valence-electron chi connectivity index (χ0n) is 14.8. The van der Waals surface area contributed by atoms with Gasteiger partial charge in [0.25, 0.3) is 0 Å². The topological polar surface area (TPSA) is 9.23 Å². The van der Waals surface area contributed by atoms with Crippen molar-refractivity contribution < 1.29 is 4.74 Å². The Balaban J connectivity index is 0. The van der Waals surface area contributed by atoms with Gasteiger partial charge in [-0.25, -0.2) is 0 Å². The molecular formula is C19H34O. The molecule has 116 valence electrons. The summed E-state index contributed by atoms with van der Waals surface area (Å²) in [4.78, 5) is 0. The van der Waals surface area contributed by atoms with Gasteiger partial charge in [0.2, 0.25) is 0 Å². The zero-order chi connectivity index (χ0) is 16.0. The first-order valence-electron chi connectivity index (χ1n) is 7.82. The summed E-state index contributed by atoms with van der Waals surface area (Å²) < 4.78 is 5.38. The molecule has 0 amide bonds. The van der Waals surface area contributed by atoms with Crippen molar-refractivity contribution >= 4 is 6.08 Å². The number of aryl methyl sites for hydroxylation is 1. The number of hydrogen-bond donors (Lipinski definition) is 0. The molecule has 0 aliphatic heterocycles. The van der Waals surface area contributed by atoms with Crippen LogP contribution in [-0.4, -0.2) is 12.7 Å². The van der Waals surface area contributed by atoms with Crippen LogP contribution in [-0.2, 0) is 4.74 Å². The van der Waals surface area contributed by atoms with E-state index in [-0.39, 0.29) is 5.60 Å². The van der Waals surface area contributed by atoms with Crippen LogP contribution in [0.3, 0.4) is 0 Å². The first-order valence-corrected chi connectivity index (χ1v) is 7.82. The predicted octanol–water partition coefficient (Wildman–Crippen LogP) is 6.27. The Labute approximate surface area is 127 Å². The van der Waals surface area contributed by atoms with Crippen molar-refractivity contribution in [1.29, 1.82) is 0 Å². The van der Waals surface area contributed by atoms with E-state index in [1.807, 2.05) is 27.7 Å². The Morgan fingerprint density at radius 2 is 1.70 bits per heavy atom. The van der Waals surface area contributed by atoms with Gasteiger partial charge in [-0.1, -0.05) is 69.7 Å². The quantitative estimate of drug-likeness (QED) is 0.617. The van der Waals surface area contributed by atoms with Crippen molar-refractivity contribution in [3.63, 3.8) is 0 Å². The summed E-state index contributed by atoms with van der Waals surface area (Å²) in [5, 5.41) is 0. The van der Waals surface area contributed by atoms with E-state index in [2.05, 4.69) is 57.2 Å². The van der Waals surface area contributed by atoms with Gasteiger partial charge in [0.1, 0.15) is 0 Å². The molecule has 0 bridgehead atoms. The number of methoxy groups -OCH3 is 1. The van der Waals surface area contributed by atoms with Crippen LogP contribution in [0, 0.1) is 6.92 Å². The van der Waals surface area contributed by atoms with Gasteiger partial charge in [-0.05, 0) is 39.2 Å². The third-order valence-corrected chi connectivity index (χ3v) is 2.82. The van der Waals surface area contributed by atoms with Crippen LogP contribution < -0.4 is 0 Å². The van der Waals surface area contributed by atoms with Crippen LogP contribution in [0.4, 0.5) is 0 Å². The molecule has 1 aromatic rings. The lowest BCUT2D eigenvalue weighted by atomic mass is 10.0. The summed E-state index contributed by atoms with van der Waals surface area (Å²) in [7, 11) is 1.77. The molecule has 20 heavy (non-hydrogen) atoms. The lowest BCUT2D eigenvalue weighted by Crippen LogP contribution is -2.21. The monoisotopic (exact) mass is 278 g/mol. The number of hydrogen-bond acceptors (Lipinski definition) is 1. The van der Waals surface area contributed by atoms with E-state index in [4.69, 9.17) is 4.74 Å². The third kappa shape index (κ3) is 10.8. The average Bonchev–Trinajstić information content (AvgIpc) is 2.48. The maximum absolute atomic E-state index is 5.38. The standard InChI is InChI=1S/C15H22O.2C2H6/c1-13-8-7-10-14(12-13)9-5-6-11-15(2,3)16-4;2*1-2/h5,7-10,12H,6,11H2,1-4H3;2*1-2H3/b9-5+;;. The van der Waals surface area contributed by atoms with Crippen molar-refractivity contribution in [2.24, 2.45) is 0 Å².